The van der Waals surface area contributed by atoms with Crippen LogP contribution in [-0.4, -0.2) is 21.1 Å². The minimum Gasteiger partial charge on any atom is -0.507 e. The van der Waals surface area contributed by atoms with Gasteiger partial charge in [0.25, 0.3) is 0 Å². The summed E-state index contributed by atoms with van der Waals surface area (Å²) in [4.78, 5) is 24.0. The maximum Gasteiger partial charge on any atom is 0.351 e. The molecule has 6 nitrogen and oxygen atoms in total. The zero-order valence-corrected chi connectivity index (χ0v) is 12.8. The number of nitrogens with one attached hydrogen (secondary N) is 1. The molecule has 0 aliphatic carbocycles. The average molecular weight is 322 g/mol. The van der Waals surface area contributed by atoms with Crippen LogP contribution in [0.3, 0.4) is 0 Å². The van der Waals surface area contributed by atoms with E-state index >= 15 is 0 Å². The molecule has 1 aromatic carbocycles. The van der Waals surface area contributed by atoms with Crippen LogP contribution in [0.4, 0.5) is 0 Å². The molecule has 0 saturated carbocycles. The van der Waals surface area contributed by atoms with Crippen LogP contribution < -0.4 is 5.63 Å². The first-order valence-electron chi connectivity index (χ1n) is 7.21. The molecule has 3 aromatic rings. The number of aryl methyl sites for hydroxylation is 1. The van der Waals surface area contributed by atoms with Crippen LogP contribution >= 0.6 is 0 Å². The highest BCUT2D eigenvalue weighted by Crippen LogP contribution is 2.22. The fraction of sp³-hybridized carbons (Fsp3) is 0.0556. The minimum atomic E-state index is -0.863. The van der Waals surface area contributed by atoms with Gasteiger partial charge in [0.1, 0.15) is 17.1 Å². The van der Waals surface area contributed by atoms with Gasteiger partial charge >= 0.3 is 5.63 Å². The topological polar surface area (TPSA) is 96.2 Å². The molecular weight excluding hydrogens is 308 g/mol. The van der Waals surface area contributed by atoms with Crippen molar-refractivity contribution in [1.82, 2.24) is 10.2 Å². The number of aromatic nitrogens is 2. The number of carbonyl (C=O) groups excluding carboxylic acids is 1. The number of carbonyl (C=O) groups is 1. The van der Waals surface area contributed by atoms with Gasteiger partial charge in [0, 0.05) is 23.4 Å². The van der Waals surface area contributed by atoms with Crippen LogP contribution in [-0.2, 0) is 0 Å². The first-order valence-corrected chi connectivity index (χ1v) is 7.21. The number of aromatic hydroxyl groups is 1. The Morgan fingerprint density at radius 1 is 1.29 bits per heavy atom. The fourth-order valence-corrected chi connectivity index (χ4v) is 2.33. The number of H-pyrrole nitrogens is 1. The van der Waals surface area contributed by atoms with Crippen LogP contribution in [0.25, 0.3) is 17.3 Å². The number of ketones is 1. The highest BCUT2D eigenvalue weighted by molar-refractivity contribution is 6.08. The lowest BCUT2D eigenvalue weighted by molar-refractivity contribution is 0.104. The summed E-state index contributed by atoms with van der Waals surface area (Å²) in [6.45, 7) is 1.52. The van der Waals surface area contributed by atoms with Gasteiger partial charge in [0.05, 0.1) is 5.69 Å². The van der Waals surface area contributed by atoms with Crippen molar-refractivity contribution in [2.45, 2.75) is 6.92 Å². The van der Waals surface area contributed by atoms with E-state index in [0.717, 1.165) is 5.56 Å². The quantitative estimate of drug-likeness (QED) is 0.568. The van der Waals surface area contributed by atoms with E-state index in [9.17, 15) is 14.7 Å². The summed E-state index contributed by atoms with van der Waals surface area (Å²) >= 11 is 0. The maximum absolute atomic E-state index is 12.2. The summed E-state index contributed by atoms with van der Waals surface area (Å²) in [5.74, 6) is -0.797. The Morgan fingerprint density at radius 3 is 2.75 bits per heavy atom. The Hall–Kier alpha value is -3.41. The van der Waals surface area contributed by atoms with Crippen LogP contribution in [0.15, 0.2) is 57.9 Å². The normalized spacial score (nSPS) is 11.0. The standard InChI is InChI=1S/C18H14N2O4/c1-11-9-15(22)16(18(23)24-11)14(21)8-7-13-10-19-20-17(13)12-5-3-2-4-6-12/h2-10,22H,1H3,(H,19,20). The molecule has 3 rings (SSSR count). The van der Waals surface area contributed by atoms with Crippen LogP contribution in [0, 0.1) is 6.92 Å². The lowest BCUT2D eigenvalue weighted by Gasteiger charge is -2.00. The first-order chi connectivity index (χ1) is 11.6. The van der Waals surface area contributed by atoms with Crippen molar-refractivity contribution < 1.29 is 14.3 Å². The maximum atomic E-state index is 12.2. The van der Waals surface area contributed by atoms with Crippen LogP contribution in [0.5, 0.6) is 5.75 Å². The lowest BCUT2D eigenvalue weighted by Crippen LogP contribution is -2.12. The van der Waals surface area contributed by atoms with Crippen molar-refractivity contribution >= 4 is 11.9 Å². The van der Waals surface area contributed by atoms with Crippen molar-refractivity contribution in [2.24, 2.45) is 0 Å². The van der Waals surface area contributed by atoms with Crippen LogP contribution in [0.1, 0.15) is 21.7 Å². The Balaban J connectivity index is 1.92. The number of benzene rings is 1. The van der Waals surface area contributed by atoms with E-state index in [4.69, 9.17) is 4.42 Å². The summed E-state index contributed by atoms with van der Waals surface area (Å²) in [6.07, 6.45) is 4.38. The second-order valence-electron chi connectivity index (χ2n) is 5.16. The van der Waals surface area contributed by atoms with E-state index in [1.807, 2.05) is 30.3 Å². The third kappa shape index (κ3) is 3.03. The molecule has 0 aliphatic heterocycles. The zero-order chi connectivity index (χ0) is 17.1. The largest absolute Gasteiger partial charge is 0.507 e. The molecule has 0 radical (unpaired) electrons. The summed E-state index contributed by atoms with van der Waals surface area (Å²) in [5, 5.41) is 16.7. The van der Waals surface area contributed by atoms with E-state index in [-0.39, 0.29) is 11.3 Å². The van der Waals surface area contributed by atoms with E-state index in [1.54, 1.807) is 6.20 Å². The van der Waals surface area contributed by atoms with Gasteiger partial charge in [-0.25, -0.2) is 4.79 Å². The second-order valence-corrected chi connectivity index (χ2v) is 5.16. The van der Waals surface area contributed by atoms with Gasteiger partial charge in [0.2, 0.25) is 0 Å². The molecule has 0 saturated heterocycles. The number of rotatable bonds is 4. The van der Waals surface area contributed by atoms with E-state index in [2.05, 4.69) is 10.2 Å². The molecule has 2 aromatic heterocycles. The lowest BCUT2D eigenvalue weighted by atomic mass is 10.1. The molecule has 0 spiro atoms. The number of allylic oxidation sites excluding steroid dienone is 1. The van der Waals surface area contributed by atoms with Gasteiger partial charge in [-0.3, -0.25) is 9.89 Å². The molecular formula is C18H14N2O4. The predicted molar refractivity (Wildman–Crippen MR) is 88.8 cm³/mol. The highest BCUT2D eigenvalue weighted by Gasteiger charge is 2.16. The highest BCUT2D eigenvalue weighted by atomic mass is 16.4. The number of nitrogens with zero attached hydrogens (tertiary/aromatic N) is 1. The molecule has 0 atom stereocenters. The second kappa shape index (κ2) is 6.37. The number of hydrogen-bond acceptors (Lipinski definition) is 5. The summed E-state index contributed by atoms with van der Waals surface area (Å²) in [5.41, 5.74) is 1.01. The van der Waals surface area contributed by atoms with E-state index in [1.165, 1.54) is 25.1 Å². The molecule has 0 unspecified atom stereocenters. The van der Waals surface area contributed by atoms with E-state index < -0.39 is 17.2 Å². The van der Waals surface area contributed by atoms with Crippen molar-refractivity contribution in [3.63, 3.8) is 0 Å². The van der Waals surface area contributed by atoms with Gasteiger partial charge in [-0.05, 0) is 19.1 Å². The van der Waals surface area contributed by atoms with Crippen LogP contribution in [0.2, 0.25) is 0 Å². The smallest absolute Gasteiger partial charge is 0.351 e. The zero-order valence-electron chi connectivity index (χ0n) is 12.8. The Morgan fingerprint density at radius 2 is 2.04 bits per heavy atom. The molecule has 0 bridgehead atoms. The third-order valence-corrected chi connectivity index (χ3v) is 3.43. The Kier molecular flexibility index (Phi) is 4.11. The van der Waals surface area contributed by atoms with Crippen molar-refractivity contribution in [2.75, 3.05) is 0 Å². The Bertz CT molecular complexity index is 968. The number of hydrogen-bond donors (Lipinski definition) is 2. The van der Waals surface area contributed by atoms with Crippen molar-refractivity contribution in [3.05, 3.63) is 76.0 Å². The van der Waals surface area contributed by atoms with E-state index in [0.29, 0.717) is 11.3 Å². The van der Waals surface area contributed by atoms with Gasteiger partial charge in [-0.15, -0.1) is 0 Å². The van der Waals surface area contributed by atoms with Crippen molar-refractivity contribution in [3.8, 4) is 17.0 Å². The molecule has 0 fully saturated rings. The summed E-state index contributed by atoms with van der Waals surface area (Å²) < 4.78 is 4.85. The number of aromatic amines is 1. The first kappa shape index (κ1) is 15.5. The monoisotopic (exact) mass is 322 g/mol. The van der Waals surface area contributed by atoms with Gasteiger partial charge in [-0.1, -0.05) is 30.3 Å². The van der Waals surface area contributed by atoms with Gasteiger partial charge in [0.15, 0.2) is 5.78 Å². The Labute approximate surface area is 137 Å². The SMILES string of the molecule is Cc1cc(O)c(C(=O)C=Cc2c[nH]nc2-c2ccccc2)c(=O)o1. The minimum absolute atomic E-state index is 0.235. The molecule has 120 valence electrons. The molecule has 2 N–H and O–H groups in total. The third-order valence-electron chi connectivity index (χ3n) is 3.43. The summed E-state index contributed by atoms with van der Waals surface area (Å²) in [6, 6.07) is 10.7. The van der Waals surface area contributed by atoms with Crippen molar-refractivity contribution in [1.29, 1.82) is 0 Å². The average Bonchev–Trinajstić information content (AvgIpc) is 3.01. The molecule has 0 amide bonds. The molecule has 2 heterocycles. The molecule has 24 heavy (non-hydrogen) atoms. The molecule has 6 heteroatoms. The summed E-state index contributed by atoms with van der Waals surface area (Å²) in [7, 11) is 0. The fourth-order valence-electron chi connectivity index (χ4n) is 2.33. The van der Waals surface area contributed by atoms with Gasteiger partial charge in [-0.2, -0.15) is 5.10 Å². The van der Waals surface area contributed by atoms with Gasteiger partial charge < -0.3 is 9.52 Å². The molecule has 0 aliphatic rings. The predicted octanol–water partition coefficient (Wildman–Crippen LogP) is 2.94.